The summed E-state index contributed by atoms with van der Waals surface area (Å²) >= 11 is 1.72. The zero-order valence-electron chi connectivity index (χ0n) is 14.2. The fraction of sp³-hybridized carbons (Fsp3) is 0.250. The van der Waals surface area contributed by atoms with Crippen molar-refractivity contribution in [2.75, 3.05) is 11.9 Å². The van der Waals surface area contributed by atoms with E-state index in [1.807, 2.05) is 12.1 Å². The number of thiophene rings is 1. The van der Waals surface area contributed by atoms with Crippen LogP contribution >= 0.6 is 11.3 Å². The summed E-state index contributed by atoms with van der Waals surface area (Å²) in [5, 5.41) is 7.43. The van der Waals surface area contributed by atoms with Gasteiger partial charge in [-0.05, 0) is 17.7 Å². The lowest BCUT2D eigenvalue weighted by molar-refractivity contribution is -0.929. The van der Waals surface area contributed by atoms with Crippen molar-refractivity contribution in [1.82, 2.24) is 5.32 Å². The molecule has 2 aliphatic rings. The number of rotatable bonds is 3. The molecule has 132 valence electrons. The Labute approximate surface area is 155 Å². The molecule has 0 saturated carbocycles. The molecule has 3 aromatic rings. The first kappa shape index (κ1) is 15.7. The lowest BCUT2D eigenvalue weighted by Gasteiger charge is -2.26. The SMILES string of the molecule is O=C1N[C@H](c2ccco2)Nc2sc3c(c21)CC[NH+](Cc1ccccc1)C3. The van der Waals surface area contributed by atoms with Crippen LogP contribution in [0.5, 0.6) is 0 Å². The van der Waals surface area contributed by atoms with Crippen molar-refractivity contribution in [3.8, 4) is 0 Å². The Morgan fingerprint density at radius 1 is 1.15 bits per heavy atom. The van der Waals surface area contributed by atoms with Crippen LogP contribution in [0.25, 0.3) is 0 Å². The Balaban J connectivity index is 1.39. The highest BCUT2D eigenvalue weighted by Gasteiger charge is 2.35. The van der Waals surface area contributed by atoms with E-state index in [9.17, 15) is 4.79 Å². The van der Waals surface area contributed by atoms with E-state index in [2.05, 4.69) is 41.0 Å². The van der Waals surface area contributed by atoms with Gasteiger partial charge in [0.2, 0.25) is 0 Å². The van der Waals surface area contributed by atoms with Gasteiger partial charge in [0.1, 0.15) is 23.9 Å². The molecular formula is C20H20N3O2S+. The van der Waals surface area contributed by atoms with Crippen LogP contribution in [-0.2, 0) is 19.5 Å². The van der Waals surface area contributed by atoms with Crippen LogP contribution in [-0.4, -0.2) is 12.5 Å². The van der Waals surface area contributed by atoms with Crippen molar-refractivity contribution in [2.45, 2.75) is 25.7 Å². The van der Waals surface area contributed by atoms with E-state index in [1.54, 1.807) is 22.5 Å². The normalized spacial score (nSPS) is 21.5. The summed E-state index contributed by atoms with van der Waals surface area (Å²) in [5.74, 6) is 0.732. The number of fused-ring (bicyclic) bond motifs is 3. The summed E-state index contributed by atoms with van der Waals surface area (Å²) in [4.78, 5) is 15.6. The Hall–Kier alpha value is -2.57. The van der Waals surface area contributed by atoms with Gasteiger partial charge in [0.25, 0.3) is 5.91 Å². The third kappa shape index (κ3) is 2.71. The van der Waals surface area contributed by atoms with Gasteiger partial charge in [0, 0.05) is 12.0 Å². The summed E-state index contributed by atoms with van der Waals surface area (Å²) in [6, 6.07) is 14.3. The van der Waals surface area contributed by atoms with Crippen LogP contribution in [0, 0.1) is 0 Å². The van der Waals surface area contributed by atoms with Gasteiger partial charge < -0.3 is 20.0 Å². The van der Waals surface area contributed by atoms with Crippen molar-refractivity contribution < 1.29 is 14.1 Å². The molecule has 6 heteroatoms. The maximum Gasteiger partial charge on any atom is 0.256 e. The molecule has 1 unspecified atom stereocenters. The van der Waals surface area contributed by atoms with E-state index in [-0.39, 0.29) is 12.1 Å². The first-order chi connectivity index (χ1) is 12.8. The average molecular weight is 366 g/mol. The second-order valence-corrected chi connectivity index (χ2v) is 7.97. The summed E-state index contributed by atoms with van der Waals surface area (Å²) in [5.41, 5.74) is 3.43. The van der Waals surface area contributed by atoms with Crippen LogP contribution in [0.2, 0.25) is 0 Å². The molecule has 1 aromatic carbocycles. The molecule has 0 spiro atoms. The Morgan fingerprint density at radius 2 is 2.04 bits per heavy atom. The molecule has 2 aliphatic heterocycles. The van der Waals surface area contributed by atoms with E-state index < -0.39 is 0 Å². The zero-order valence-corrected chi connectivity index (χ0v) is 15.1. The minimum atomic E-state index is -0.294. The number of carbonyl (C=O) groups is 1. The maximum absolute atomic E-state index is 12.7. The number of furan rings is 1. The Morgan fingerprint density at radius 3 is 2.85 bits per heavy atom. The summed E-state index contributed by atoms with van der Waals surface area (Å²) in [7, 11) is 0. The smallest absolute Gasteiger partial charge is 0.256 e. The van der Waals surface area contributed by atoms with Gasteiger partial charge in [-0.1, -0.05) is 30.3 Å². The molecule has 3 N–H and O–H groups in total. The molecule has 5 nitrogen and oxygen atoms in total. The number of quaternary nitrogens is 1. The molecule has 5 rings (SSSR count). The third-order valence-corrected chi connectivity index (χ3v) is 6.30. The van der Waals surface area contributed by atoms with Gasteiger partial charge in [-0.2, -0.15) is 0 Å². The third-order valence-electron chi connectivity index (χ3n) is 5.13. The zero-order chi connectivity index (χ0) is 17.5. The van der Waals surface area contributed by atoms with Gasteiger partial charge in [0.15, 0.2) is 6.17 Å². The van der Waals surface area contributed by atoms with Gasteiger partial charge in [-0.15, -0.1) is 11.3 Å². The van der Waals surface area contributed by atoms with Crippen LogP contribution in [0.4, 0.5) is 5.00 Å². The largest absolute Gasteiger partial charge is 0.465 e. The monoisotopic (exact) mass is 366 g/mol. The molecule has 0 saturated heterocycles. The fourth-order valence-electron chi connectivity index (χ4n) is 3.88. The van der Waals surface area contributed by atoms with Crippen molar-refractivity contribution in [3.63, 3.8) is 0 Å². The van der Waals surface area contributed by atoms with Gasteiger partial charge in [-0.25, -0.2) is 0 Å². The number of hydrogen-bond acceptors (Lipinski definition) is 4. The maximum atomic E-state index is 12.7. The molecule has 2 aromatic heterocycles. The van der Waals surface area contributed by atoms with Gasteiger partial charge >= 0.3 is 0 Å². The minimum absolute atomic E-state index is 0.00385. The Kier molecular flexibility index (Phi) is 3.80. The van der Waals surface area contributed by atoms with E-state index in [1.165, 1.54) is 16.0 Å². The van der Waals surface area contributed by atoms with E-state index in [0.717, 1.165) is 42.4 Å². The highest BCUT2D eigenvalue weighted by Crippen LogP contribution is 2.39. The minimum Gasteiger partial charge on any atom is -0.465 e. The highest BCUT2D eigenvalue weighted by atomic mass is 32.1. The Bertz CT molecular complexity index is 934. The van der Waals surface area contributed by atoms with Gasteiger partial charge in [0.05, 0.1) is 23.2 Å². The van der Waals surface area contributed by atoms with Crippen molar-refractivity contribution in [3.05, 3.63) is 76.1 Å². The molecular weight excluding hydrogens is 346 g/mol. The molecule has 0 aliphatic carbocycles. The molecule has 26 heavy (non-hydrogen) atoms. The number of nitrogens with one attached hydrogen (secondary N) is 3. The lowest BCUT2D eigenvalue weighted by atomic mass is 10.0. The second kappa shape index (κ2) is 6.30. The second-order valence-electron chi connectivity index (χ2n) is 6.86. The average Bonchev–Trinajstić information content (AvgIpc) is 3.30. The fourth-order valence-corrected chi connectivity index (χ4v) is 5.23. The van der Waals surface area contributed by atoms with Crippen molar-refractivity contribution in [1.29, 1.82) is 0 Å². The molecule has 0 radical (unpaired) electrons. The molecule has 0 bridgehead atoms. The quantitative estimate of drug-likeness (QED) is 0.667. The highest BCUT2D eigenvalue weighted by molar-refractivity contribution is 7.16. The van der Waals surface area contributed by atoms with Gasteiger partial charge in [-0.3, -0.25) is 4.79 Å². The van der Waals surface area contributed by atoms with Crippen molar-refractivity contribution in [2.24, 2.45) is 0 Å². The standard InChI is InChI=1S/C20H19N3O2S/c24-19-17-14-8-9-23(11-13-5-2-1-3-6-13)12-16(14)26-20(17)22-18(21-19)15-7-4-10-25-15/h1-7,10,18,22H,8-9,11-12H2,(H,21,24)/p+1/t18-/m0/s1. The predicted octanol–water partition coefficient (Wildman–Crippen LogP) is 2.34. The van der Waals surface area contributed by atoms with Crippen LogP contribution in [0.15, 0.2) is 53.1 Å². The summed E-state index contributed by atoms with van der Waals surface area (Å²) in [6.07, 6.45) is 2.28. The summed E-state index contributed by atoms with van der Waals surface area (Å²) in [6.45, 7) is 3.06. The van der Waals surface area contributed by atoms with Crippen molar-refractivity contribution >= 4 is 22.2 Å². The lowest BCUT2D eigenvalue weighted by Crippen LogP contribution is -3.10. The predicted molar refractivity (Wildman–Crippen MR) is 100 cm³/mol. The molecule has 0 fully saturated rings. The number of benzene rings is 1. The molecule has 1 amide bonds. The van der Waals surface area contributed by atoms with E-state index in [4.69, 9.17) is 4.42 Å². The topological polar surface area (TPSA) is 58.7 Å². The number of anilines is 1. The van der Waals surface area contributed by atoms with E-state index >= 15 is 0 Å². The molecule has 2 atom stereocenters. The number of hydrogen-bond donors (Lipinski definition) is 3. The molecule has 4 heterocycles. The number of carbonyl (C=O) groups excluding carboxylic acids is 1. The first-order valence-electron chi connectivity index (χ1n) is 8.91. The van der Waals surface area contributed by atoms with Crippen LogP contribution < -0.4 is 15.5 Å². The van der Waals surface area contributed by atoms with Crippen LogP contribution in [0.1, 0.15) is 38.3 Å². The van der Waals surface area contributed by atoms with E-state index in [0.29, 0.717) is 0 Å². The summed E-state index contributed by atoms with van der Waals surface area (Å²) < 4.78 is 5.45. The van der Waals surface area contributed by atoms with Crippen LogP contribution in [0.3, 0.4) is 0 Å². The number of amides is 1. The first-order valence-corrected chi connectivity index (χ1v) is 9.72.